The predicted molar refractivity (Wildman–Crippen MR) is 53.0 cm³/mol. The molecule has 84 valence electrons. The highest BCUT2D eigenvalue weighted by Gasteiger charge is 2.17. The Morgan fingerprint density at radius 2 is 2.00 bits per heavy atom. The molecular weight excluding hydrogens is 206 g/mol. The van der Waals surface area contributed by atoms with E-state index in [0.29, 0.717) is 39.3 Å². The third-order valence-electron chi connectivity index (χ3n) is 1.90. The van der Waals surface area contributed by atoms with E-state index in [9.17, 15) is 8.42 Å². The maximum Gasteiger partial charge on any atom is 0.224 e. The molecule has 0 aromatic carbocycles. The molecule has 1 heterocycles. The largest absolute Gasteiger partial charge is 0.379 e. The lowest BCUT2D eigenvalue weighted by Crippen LogP contribution is -2.49. The van der Waals surface area contributed by atoms with Crippen molar-refractivity contribution in [2.75, 3.05) is 38.6 Å². The van der Waals surface area contributed by atoms with E-state index in [2.05, 4.69) is 4.83 Å². The SMILES string of the molecule is NCCCS(=O)(=O)NN1CCOCC1. The molecule has 0 atom stereocenters. The number of hydrogen-bond donors (Lipinski definition) is 2. The van der Waals surface area contributed by atoms with E-state index in [4.69, 9.17) is 10.5 Å². The van der Waals surface area contributed by atoms with Gasteiger partial charge in [-0.15, -0.1) is 4.83 Å². The fourth-order valence-corrected chi connectivity index (χ4v) is 2.38. The van der Waals surface area contributed by atoms with Gasteiger partial charge in [0, 0.05) is 13.1 Å². The van der Waals surface area contributed by atoms with Crippen molar-refractivity contribution in [2.45, 2.75) is 6.42 Å². The lowest BCUT2D eigenvalue weighted by molar-refractivity contribution is 0.0272. The fourth-order valence-electron chi connectivity index (χ4n) is 1.17. The molecule has 0 aromatic heterocycles. The summed E-state index contributed by atoms with van der Waals surface area (Å²) in [5, 5.41) is 1.66. The van der Waals surface area contributed by atoms with Crippen LogP contribution in [0.25, 0.3) is 0 Å². The van der Waals surface area contributed by atoms with Crippen molar-refractivity contribution in [1.82, 2.24) is 9.84 Å². The molecule has 0 radical (unpaired) electrons. The van der Waals surface area contributed by atoms with Crippen LogP contribution in [0.1, 0.15) is 6.42 Å². The molecule has 1 saturated heterocycles. The van der Waals surface area contributed by atoms with Crippen LogP contribution in [0.15, 0.2) is 0 Å². The smallest absolute Gasteiger partial charge is 0.224 e. The number of nitrogens with zero attached hydrogens (tertiary/aromatic N) is 1. The summed E-state index contributed by atoms with van der Waals surface area (Å²) in [6.45, 7) is 2.73. The van der Waals surface area contributed by atoms with Crippen molar-refractivity contribution in [3.8, 4) is 0 Å². The predicted octanol–water partition coefficient (Wildman–Crippen LogP) is -1.50. The lowest BCUT2D eigenvalue weighted by Gasteiger charge is -2.26. The molecule has 1 aliphatic heterocycles. The number of ether oxygens (including phenoxy) is 1. The third kappa shape index (κ3) is 4.34. The molecule has 0 amide bonds. The zero-order valence-electron chi connectivity index (χ0n) is 8.11. The minimum absolute atomic E-state index is 0.0842. The summed E-state index contributed by atoms with van der Waals surface area (Å²) >= 11 is 0. The summed E-state index contributed by atoms with van der Waals surface area (Å²) in [6, 6.07) is 0. The first-order chi connectivity index (χ1) is 6.64. The zero-order chi connectivity index (χ0) is 10.4. The van der Waals surface area contributed by atoms with Gasteiger partial charge in [0.1, 0.15) is 0 Å². The lowest BCUT2D eigenvalue weighted by atomic mass is 10.5. The van der Waals surface area contributed by atoms with Gasteiger partial charge >= 0.3 is 0 Å². The maximum atomic E-state index is 11.4. The van der Waals surface area contributed by atoms with E-state index in [1.807, 2.05) is 0 Å². The van der Waals surface area contributed by atoms with E-state index in [1.54, 1.807) is 5.01 Å². The first kappa shape index (κ1) is 11.9. The van der Waals surface area contributed by atoms with Crippen LogP contribution in [-0.2, 0) is 14.8 Å². The molecule has 0 bridgehead atoms. The Bertz CT molecular complexity index is 249. The molecule has 1 rings (SSSR count). The average Bonchev–Trinajstić information content (AvgIpc) is 2.16. The summed E-state index contributed by atoms with van der Waals surface area (Å²) in [6.07, 6.45) is 0.486. The fraction of sp³-hybridized carbons (Fsp3) is 1.00. The van der Waals surface area contributed by atoms with Crippen molar-refractivity contribution < 1.29 is 13.2 Å². The van der Waals surface area contributed by atoms with Crippen LogP contribution in [0.4, 0.5) is 0 Å². The summed E-state index contributed by atoms with van der Waals surface area (Å²) in [5.74, 6) is 0.0842. The Hall–Kier alpha value is -0.210. The molecule has 1 fully saturated rings. The van der Waals surface area contributed by atoms with E-state index < -0.39 is 10.0 Å². The first-order valence-electron chi connectivity index (χ1n) is 4.67. The number of nitrogens with one attached hydrogen (secondary N) is 1. The molecule has 0 saturated carbocycles. The molecule has 1 aliphatic rings. The number of hydrogen-bond acceptors (Lipinski definition) is 5. The van der Waals surface area contributed by atoms with E-state index >= 15 is 0 Å². The van der Waals surface area contributed by atoms with Crippen molar-refractivity contribution in [1.29, 1.82) is 0 Å². The van der Waals surface area contributed by atoms with Crippen molar-refractivity contribution >= 4 is 10.0 Å². The van der Waals surface area contributed by atoms with Crippen molar-refractivity contribution in [3.05, 3.63) is 0 Å². The van der Waals surface area contributed by atoms with E-state index in [0.717, 1.165) is 0 Å². The van der Waals surface area contributed by atoms with Crippen LogP contribution in [0.5, 0.6) is 0 Å². The highest BCUT2D eigenvalue weighted by Crippen LogP contribution is 1.96. The number of sulfonamides is 1. The molecule has 6 nitrogen and oxygen atoms in total. The van der Waals surface area contributed by atoms with Crippen molar-refractivity contribution in [2.24, 2.45) is 5.73 Å². The molecule has 14 heavy (non-hydrogen) atoms. The van der Waals surface area contributed by atoms with Gasteiger partial charge in [-0.2, -0.15) is 0 Å². The van der Waals surface area contributed by atoms with Gasteiger partial charge < -0.3 is 10.5 Å². The van der Waals surface area contributed by atoms with Gasteiger partial charge in [-0.05, 0) is 13.0 Å². The molecule has 0 spiro atoms. The van der Waals surface area contributed by atoms with Crippen LogP contribution in [0.2, 0.25) is 0 Å². The van der Waals surface area contributed by atoms with Gasteiger partial charge in [0.15, 0.2) is 0 Å². The maximum absolute atomic E-state index is 11.4. The summed E-state index contributed by atoms with van der Waals surface area (Å²) in [7, 11) is -3.20. The van der Waals surface area contributed by atoms with Crippen LogP contribution in [0.3, 0.4) is 0 Å². The van der Waals surface area contributed by atoms with Crippen LogP contribution >= 0.6 is 0 Å². The van der Waals surface area contributed by atoms with Gasteiger partial charge in [0.2, 0.25) is 10.0 Å². The van der Waals surface area contributed by atoms with Crippen LogP contribution in [-0.4, -0.2) is 52.0 Å². The normalized spacial score (nSPS) is 19.8. The summed E-state index contributed by atoms with van der Waals surface area (Å²) < 4.78 is 27.9. The number of hydrazine groups is 1. The third-order valence-corrected chi connectivity index (χ3v) is 3.26. The Morgan fingerprint density at radius 3 is 2.57 bits per heavy atom. The van der Waals surface area contributed by atoms with Crippen LogP contribution in [0, 0.1) is 0 Å². The Morgan fingerprint density at radius 1 is 1.36 bits per heavy atom. The van der Waals surface area contributed by atoms with E-state index in [1.165, 1.54) is 0 Å². The second kappa shape index (κ2) is 5.62. The second-order valence-corrected chi connectivity index (χ2v) is 4.97. The Balaban J connectivity index is 2.33. The summed E-state index contributed by atoms with van der Waals surface area (Å²) in [5.41, 5.74) is 5.24. The van der Waals surface area contributed by atoms with Gasteiger partial charge in [-0.3, -0.25) is 0 Å². The molecule has 3 N–H and O–H groups in total. The zero-order valence-corrected chi connectivity index (χ0v) is 8.92. The Labute approximate surface area is 84.4 Å². The molecule has 0 aromatic rings. The van der Waals surface area contributed by atoms with Gasteiger partial charge in [-0.1, -0.05) is 0 Å². The van der Waals surface area contributed by atoms with Gasteiger partial charge in [0.25, 0.3) is 0 Å². The quantitative estimate of drug-likeness (QED) is 0.592. The monoisotopic (exact) mass is 223 g/mol. The second-order valence-electron chi connectivity index (χ2n) is 3.15. The molecular formula is C7H17N3O3S. The standard InChI is InChI=1S/C7H17N3O3S/c8-2-1-7-14(11,12)9-10-3-5-13-6-4-10/h9H,1-8H2. The van der Waals surface area contributed by atoms with Crippen molar-refractivity contribution in [3.63, 3.8) is 0 Å². The number of morpholine rings is 1. The van der Waals surface area contributed by atoms with Gasteiger partial charge in [-0.25, -0.2) is 13.4 Å². The molecule has 7 heteroatoms. The topological polar surface area (TPSA) is 84.7 Å². The molecule has 0 aliphatic carbocycles. The minimum atomic E-state index is -3.20. The highest BCUT2D eigenvalue weighted by atomic mass is 32.2. The number of nitrogens with two attached hydrogens (primary N) is 1. The Kier molecular flexibility index (Phi) is 4.76. The van der Waals surface area contributed by atoms with Gasteiger partial charge in [0.05, 0.1) is 19.0 Å². The highest BCUT2D eigenvalue weighted by molar-refractivity contribution is 7.89. The van der Waals surface area contributed by atoms with E-state index in [-0.39, 0.29) is 5.75 Å². The summed E-state index contributed by atoms with van der Waals surface area (Å²) in [4.78, 5) is 2.50. The average molecular weight is 223 g/mol. The minimum Gasteiger partial charge on any atom is -0.379 e. The first-order valence-corrected chi connectivity index (χ1v) is 6.32. The number of rotatable bonds is 5. The van der Waals surface area contributed by atoms with Crippen LogP contribution < -0.4 is 10.6 Å². The molecule has 0 unspecified atom stereocenters.